The lowest BCUT2D eigenvalue weighted by molar-refractivity contribution is 0.851. The van der Waals surface area contributed by atoms with Gasteiger partial charge in [0.15, 0.2) is 5.82 Å². The van der Waals surface area contributed by atoms with Crippen molar-refractivity contribution in [3.05, 3.63) is 45.6 Å². The van der Waals surface area contributed by atoms with Gasteiger partial charge in [-0.2, -0.15) is 5.10 Å². The number of H-pyrrole nitrogens is 1. The second-order valence-corrected chi connectivity index (χ2v) is 3.34. The van der Waals surface area contributed by atoms with Gasteiger partial charge in [0, 0.05) is 0 Å². The first-order chi connectivity index (χ1) is 7.24. The average molecular weight is 225 g/mol. The van der Waals surface area contributed by atoms with Crippen molar-refractivity contribution in [2.24, 2.45) is 5.73 Å². The molecule has 15 heavy (non-hydrogen) atoms. The average Bonchev–Trinajstić information content (AvgIpc) is 2.60. The fourth-order valence-corrected chi connectivity index (χ4v) is 1.57. The molecule has 6 heteroatoms. The summed E-state index contributed by atoms with van der Waals surface area (Å²) in [7, 11) is 0. The van der Waals surface area contributed by atoms with E-state index in [4.69, 9.17) is 17.3 Å². The number of aromatic nitrogens is 3. The Morgan fingerprint density at radius 3 is 2.87 bits per heavy atom. The maximum absolute atomic E-state index is 11.5. The molecule has 1 heterocycles. The number of rotatable bonds is 2. The molecule has 78 valence electrons. The summed E-state index contributed by atoms with van der Waals surface area (Å²) in [5.41, 5.74) is 5.70. The molecule has 0 aliphatic heterocycles. The van der Waals surface area contributed by atoms with Gasteiger partial charge in [0.2, 0.25) is 0 Å². The first-order valence-electron chi connectivity index (χ1n) is 4.35. The Bertz CT molecular complexity index is 531. The van der Waals surface area contributed by atoms with Crippen LogP contribution in [-0.2, 0) is 6.54 Å². The highest BCUT2D eigenvalue weighted by molar-refractivity contribution is 6.32. The molecule has 2 rings (SSSR count). The molecule has 1 aromatic carbocycles. The van der Waals surface area contributed by atoms with Crippen LogP contribution in [0.4, 0.5) is 0 Å². The summed E-state index contributed by atoms with van der Waals surface area (Å²) in [5.74, 6) is 0.452. The van der Waals surface area contributed by atoms with Crippen LogP contribution in [0.2, 0.25) is 5.02 Å². The minimum atomic E-state index is -0.344. The van der Waals surface area contributed by atoms with Crippen molar-refractivity contribution in [2.45, 2.75) is 6.54 Å². The molecule has 0 aliphatic carbocycles. The van der Waals surface area contributed by atoms with E-state index >= 15 is 0 Å². The van der Waals surface area contributed by atoms with Crippen LogP contribution < -0.4 is 11.4 Å². The van der Waals surface area contributed by atoms with Crippen molar-refractivity contribution in [1.29, 1.82) is 0 Å². The van der Waals surface area contributed by atoms with Crippen LogP contribution in [0.15, 0.2) is 29.1 Å². The lowest BCUT2D eigenvalue weighted by atomic mass is 10.3. The van der Waals surface area contributed by atoms with Gasteiger partial charge in [-0.1, -0.05) is 23.7 Å². The van der Waals surface area contributed by atoms with Crippen LogP contribution in [0.3, 0.4) is 0 Å². The van der Waals surface area contributed by atoms with Crippen molar-refractivity contribution in [3.63, 3.8) is 0 Å². The van der Waals surface area contributed by atoms with Crippen molar-refractivity contribution >= 4 is 11.6 Å². The zero-order chi connectivity index (χ0) is 10.8. The predicted octanol–water partition coefficient (Wildman–Crippen LogP) is 0.673. The molecule has 0 amide bonds. The Kier molecular flexibility index (Phi) is 2.57. The van der Waals surface area contributed by atoms with E-state index in [1.165, 1.54) is 4.57 Å². The maximum Gasteiger partial charge on any atom is 0.348 e. The van der Waals surface area contributed by atoms with Crippen molar-refractivity contribution in [2.75, 3.05) is 0 Å². The second-order valence-electron chi connectivity index (χ2n) is 2.94. The molecule has 0 aliphatic rings. The van der Waals surface area contributed by atoms with Gasteiger partial charge in [0.05, 0.1) is 17.3 Å². The SMILES string of the molecule is NCc1n[nH]c(=O)n1-c1ccccc1Cl. The van der Waals surface area contributed by atoms with Crippen molar-refractivity contribution in [1.82, 2.24) is 14.8 Å². The van der Waals surface area contributed by atoms with Gasteiger partial charge < -0.3 is 5.73 Å². The smallest absolute Gasteiger partial charge is 0.324 e. The molecule has 0 fully saturated rings. The first-order valence-corrected chi connectivity index (χ1v) is 4.73. The summed E-state index contributed by atoms with van der Waals surface area (Å²) in [6, 6.07) is 7.02. The zero-order valence-corrected chi connectivity index (χ0v) is 8.53. The van der Waals surface area contributed by atoms with Gasteiger partial charge in [0.1, 0.15) is 0 Å². The number of halogens is 1. The maximum atomic E-state index is 11.5. The van der Waals surface area contributed by atoms with Crippen LogP contribution >= 0.6 is 11.6 Å². The van der Waals surface area contributed by atoms with E-state index in [-0.39, 0.29) is 12.2 Å². The largest absolute Gasteiger partial charge is 0.348 e. The van der Waals surface area contributed by atoms with E-state index in [0.717, 1.165) is 0 Å². The van der Waals surface area contributed by atoms with E-state index in [1.54, 1.807) is 24.3 Å². The molecule has 1 aromatic heterocycles. The van der Waals surface area contributed by atoms with Crippen LogP contribution in [0.1, 0.15) is 5.82 Å². The summed E-state index contributed by atoms with van der Waals surface area (Å²) >= 11 is 5.97. The van der Waals surface area contributed by atoms with Gasteiger partial charge in [-0.05, 0) is 12.1 Å². The van der Waals surface area contributed by atoms with Crippen molar-refractivity contribution in [3.8, 4) is 5.69 Å². The Morgan fingerprint density at radius 1 is 1.47 bits per heavy atom. The molecule has 0 radical (unpaired) electrons. The number of nitrogens with one attached hydrogen (secondary N) is 1. The molecule has 0 bridgehead atoms. The number of para-hydroxylation sites is 1. The lowest BCUT2D eigenvalue weighted by Crippen LogP contribution is -2.18. The monoisotopic (exact) mass is 224 g/mol. The van der Waals surface area contributed by atoms with Gasteiger partial charge in [-0.3, -0.25) is 0 Å². The molecule has 0 spiro atoms. The third kappa shape index (κ3) is 1.67. The summed E-state index contributed by atoms with van der Waals surface area (Å²) in [4.78, 5) is 11.5. The lowest BCUT2D eigenvalue weighted by Gasteiger charge is -2.05. The molecular formula is C9H9ClN4O. The summed E-state index contributed by atoms with van der Waals surface area (Å²) in [6.45, 7) is 0.171. The highest BCUT2D eigenvalue weighted by Gasteiger charge is 2.10. The van der Waals surface area contributed by atoms with E-state index in [0.29, 0.717) is 16.5 Å². The molecule has 2 aromatic rings. The van der Waals surface area contributed by atoms with Gasteiger partial charge in [-0.25, -0.2) is 14.5 Å². The highest BCUT2D eigenvalue weighted by atomic mass is 35.5. The fraction of sp³-hybridized carbons (Fsp3) is 0.111. The predicted molar refractivity (Wildman–Crippen MR) is 57.1 cm³/mol. The number of hydrogen-bond acceptors (Lipinski definition) is 3. The number of benzene rings is 1. The van der Waals surface area contributed by atoms with Gasteiger partial charge >= 0.3 is 5.69 Å². The fourth-order valence-electron chi connectivity index (χ4n) is 1.35. The van der Waals surface area contributed by atoms with Crippen LogP contribution in [0.5, 0.6) is 0 Å². The minimum absolute atomic E-state index is 0.171. The number of hydrogen-bond donors (Lipinski definition) is 2. The summed E-state index contributed by atoms with van der Waals surface area (Å²) in [6.07, 6.45) is 0. The van der Waals surface area contributed by atoms with Crippen molar-refractivity contribution < 1.29 is 0 Å². The Morgan fingerprint density at radius 2 is 2.20 bits per heavy atom. The third-order valence-corrected chi connectivity index (χ3v) is 2.34. The Hall–Kier alpha value is -1.59. The van der Waals surface area contributed by atoms with Crippen LogP contribution in [0, 0.1) is 0 Å². The Labute approximate surface area is 90.5 Å². The topological polar surface area (TPSA) is 76.7 Å². The summed E-state index contributed by atoms with van der Waals surface area (Å²) < 4.78 is 1.36. The van der Waals surface area contributed by atoms with E-state index in [1.807, 2.05) is 0 Å². The number of aromatic amines is 1. The van der Waals surface area contributed by atoms with Crippen LogP contribution in [-0.4, -0.2) is 14.8 Å². The zero-order valence-electron chi connectivity index (χ0n) is 7.77. The highest BCUT2D eigenvalue weighted by Crippen LogP contribution is 2.18. The molecule has 3 N–H and O–H groups in total. The van der Waals surface area contributed by atoms with E-state index in [2.05, 4.69) is 10.2 Å². The molecule has 0 unspecified atom stereocenters. The van der Waals surface area contributed by atoms with E-state index in [9.17, 15) is 4.79 Å². The minimum Gasteiger partial charge on any atom is -0.324 e. The van der Waals surface area contributed by atoms with Gasteiger partial charge in [-0.15, -0.1) is 0 Å². The quantitative estimate of drug-likeness (QED) is 0.787. The molecular weight excluding hydrogens is 216 g/mol. The van der Waals surface area contributed by atoms with E-state index < -0.39 is 0 Å². The molecule has 0 atom stereocenters. The number of nitrogens with zero attached hydrogens (tertiary/aromatic N) is 2. The number of nitrogens with two attached hydrogens (primary N) is 1. The van der Waals surface area contributed by atoms with Gasteiger partial charge in [0.25, 0.3) is 0 Å². The summed E-state index contributed by atoms with van der Waals surface area (Å²) in [5, 5.41) is 6.61. The Balaban J connectivity index is 2.68. The standard InChI is InChI=1S/C9H9ClN4O/c10-6-3-1-2-4-7(6)14-8(5-11)12-13-9(14)15/h1-4H,5,11H2,(H,13,15). The second kappa shape index (κ2) is 3.88. The first kappa shape index (κ1) is 9.95. The third-order valence-electron chi connectivity index (χ3n) is 2.02. The normalized spacial score (nSPS) is 10.5. The van der Waals surface area contributed by atoms with Crippen LogP contribution in [0.25, 0.3) is 5.69 Å². The molecule has 0 saturated heterocycles. The molecule has 5 nitrogen and oxygen atoms in total. The molecule has 0 saturated carbocycles.